The van der Waals surface area contributed by atoms with Gasteiger partial charge in [0.25, 0.3) is 5.56 Å². The molecule has 0 saturated heterocycles. The Labute approximate surface area is 150 Å². The first kappa shape index (κ1) is 16.6. The van der Waals surface area contributed by atoms with Gasteiger partial charge in [0.15, 0.2) is 0 Å². The van der Waals surface area contributed by atoms with E-state index in [1.165, 1.54) is 0 Å². The van der Waals surface area contributed by atoms with Crippen molar-refractivity contribution in [3.63, 3.8) is 0 Å². The SMILES string of the molecule is Cc1ccc(CN2CCc3c(nc(-c4cccnc4)[nH]c3=O)C2)cc1F. The summed E-state index contributed by atoms with van der Waals surface area (Å²) in [5, 5.41) is 0. The zero-order valence-electron chi connectivity index (χ0n) is 14.5. The summed E-state index contributed by atoms with van der Waals surface area (Å²) < 4.78 is 13.8. The highest BCUT2D eigenvalue weighted by Gasteiger charge is 2.21. The first-order valence-corrected chi connectivity index (χ1v) is 8.60. The Balaban J connectivity index is 1.60. The summed E-state index contributed by atoms with van der Waals surface area (Å²) >= 11 is 0. The zero-order valence-corrected chi connectivity index (χ0v) is 14.5. The number of nitrogens with zero attached hydrogens (tertiary/aromatic N) is 3. The van der Waals surface area contributed by atoms with E-state index in [1.54, 1.807) is 31.5 Å². The molecule has 0 saturated carbocycles. The number of aryl methyl sites for hydroxylation is 1. The predicted octanol–water partition coefficient (Wildman–Crippen LogP) is 2.84. The lowest BCUT2D eigenvalue weighted by Crippen LogP contribution is -2.35. The summed E-state index contributed by atoms with van der Waals surface area (Å²) in [6, 6.07) is 9.00. The lowest BCUT2D eigenvalue weighted by atomic mass is 10.0. The molecular weight excluding hydrogens is 331 g/mol. The smallest absolute Gasteiger partial charge is 0.254 e. The Bertz CT molecular complexity index is 1000. The minimum atomic E-state index is -0.187. The Hall–Kier alpha value is -2.86. The first-order valence-electron chi connectivity index (χ1n) is 8.60. The molecule has 0 atom stereocenters. The Morgan fingerprint density at radius 1 is 1.31 bits per heavy atom. The van der Waals surface area contributed by atoms with Gasteiger partial charge in [-0.25, -0.2) is 9.37 Å². The van der Waals surface area contributed by atoms with Gasteiger partial charge in [-0.1, -0.05) is 12.1 Å². The fourth-order valence-corrected chi connectivity index (χ4v) is 3.26. The highest BCUT2D eigenvalue weighted by atomic mass is 19.1. The van der Waals surface area contributed by atoms with E-state index in [4.69, 9.17) is 0 Å². The largest absolute Gasteiger partial charge is 0.306 e. The van der Waals surface area contributed by atoms with Crippen LogP contribution in [0.2, 0.25) is 0 Å². The molecule has 5 nitrogen and oxygen atoms in total. The Morgan fingerprint density at radius 2 is 2.19 bits per heavy atom. The molecule has 1 N–H and O–H groups in total. The minimum absolute atomic E-state index is 0.0881. The molecule has 3 aromatic rings. The maximum Gasteiger partial charge on any atom is 0.254 e. The van der Waals surface area contributed by atoms with E-state index in [0.717, 1.165) is 28.9 Å². The summed E-state index contributed by atoms with van der Waals surface area (Å²) in [5.41, 5.74) is 3.79. The molecule has 2 aromatic heterocycles. The van der Waals surface area contributed by atoms with Crippen molar-refractivity contribution in [2.45, 2.75) is 26.4 Å². The van der Waals surface area contributed by atoms with E-state index in [9.17, 15) is 9.18 Å². The number of pyridine rings is 1. The monoisotopic (exact) mass is 350 g/mol. The summed E-state index contributed by atoms with van der Waals surface area (Å²) in [6.45, 7) is 3.71. The number of aromatic nitrogens is 3. The predicted molar refractivity (Wildman–Crippen MR) is 97.0 cm³/mol. The van der Waals surface area contributed by atoms with Gasteiger partial charge in [0.1, 0.15) is 11.6 Å². The van der Waals surface area contributed by atoms with Gasteiger partial charge < -0.3 is 4.98 Å². The highest BCUT2D eigenvalue weighted by Crippen LogP contribution is 2.20. The molecule has 3 heterocycles. The van der Waals surface area contributed by atoms with Gasteiger partial charge in [0.2, 0.25) is 0 Å². The van der Waals surface area contributed by atoms with Crippen LogP contribution in [0.5, 0.6) is 0 Å². The number of hydrogen-bond donors (Lipinski definition) is 1. The molecular formula is C20H19FN4O. The molecule has 0 radical (unpaired) electrons. The van der Waals surface area contributed by atoms with E-state index < -0.39 is 0 Å². The maximum absolute atomic E-state index is 13.8. The molecule has 1 aromatic carbocycles. The Morgan fingerprint density at radius 3 is 2.96 bits per heavy atom. The first-order chi connectivity index (χ1) is 12.6. The molecule has 0 amide bonds. The van der Waals surface area contributed by atoms with Crippen molar-refractivity contribution in [3.8, 4) is 11.4 Å². The second-order valence-electron chi connectivity index (χ2n) is 6.63. The third-order valence-electron chi connectivity index (χ3n) is 4.73. The fourth-order valence-electron chi connectivity index (χ4n) is 3.26. The lowest BCUT2D eigenvalue weighted by Gasteiger charge is -2.27. The van der Waals surface area contributed by atoms with Crippen LogP contribution in [0.4, 0.5) is 4.39 Å². The van der Waals surface area contributed by atoms with Gasteiger partial charge in [-0.2, -0.15) is 0 Å². The average molecular weight is 350 g/mol. The van der Waals surface area contributed by atoms with Crippen LogP contribution in [0.1, 0.15) is 22.4 Å². The van der Waals surface area contributed by atoms with E-state index >= 15 is 0 Å². The second kappa shape index (κ2) is 6.80. The molecule has 6 heteroatoms. The van der Waals surface area contributed by atoms with Crippen molar-refractivity contribution in [1.82, 2.24) is 19.9 Å². The minimum Gasteiger partial charge on any atom is -0.306 e. The van der Waals surface area contributed by atoms with Gasteiger partial charge in [0.05, 0.1) is 5.69 Å². The van der Waals surface area contributed by atoms with Gasteiger partial charge in [-0.3, -0.25) is 14.7 Å². The molecule has 132 valence electrons. The average Bonchev–Trinajstić information content (AvgIpc) is 2.65. The summed E-state index contributed by atoms with van der Waals surface area (Å²) in [7, 11) is 0. The van der Waals surface area contributed by atoms with Crippen molar-refractivity contribution in [2.75, 3.05) is 6.54 Å². The van der Waals surface area contributed by atoms with Crippen LogP contribution in [-0.2, 0) is 19.5 Å². The third kappa shape index (κ3) is 3.28. The third-order valence-corrected chi connectivity index (χ3v) is 4.73. The van der Waals surface area contributed by atoms with Crippen molar-refractivity contribution in [3.05, 3.63) is 81.3 Å². The molecule has 0 aliphatic carbocycles. The molecule has 0 bridgehead atoms. The lowest BCUT2D eigenvalue weighted by molar-refractivity contribution is 0.240. The number of benzene rings is 1. The van der Waals surface area contributed by atoms with E-state index in [0.29, 0.717) is 30.9 Å². The van der Waals surface area contributed by atoms with Gasteiger partial charge in [-0.05, 0) is 42.7 Å². The van der Waals surface area contributed by atoms with E-state index in [1.807, 2.05) is 18.2 Å². The summed E-state index contributed by atoms with van der Waals surface area (Å²) in [5.74, 6) is 0.346. The number of H-pyrrole nitrogens is 1. The standard InChI is InChI=1S/C20H19FN4O/c1-13-4-5-14(9-17(13)21)11-25-8-6-16-18(12-25)23-19(24-20(16)26)15-3-2-7-22-10-15/h2-5,7,9-10H,6,8,11-12H2,1H3,(H,23,24,26). The number of halogens is 1. The van der Waals surface area contributed by atoms with Crippen LogP contribution in [0, 0.1) is 12.7 Å². The molecule has 0 fully saturated rings. The van der Waals surface area contributed by atoms with Crippen LogP contribution < -0.4 is 5.56 Å². The molecule has 1 aliphatic heterocycles. The van der Waals surface area contributed by atoms with Crippen molar-refractivity contribution in [1.29, 1.82) is 0 Å². The van der Waals surface area contributed by atoms with Crippen molar-refractivity contribution >= 4 is 0 Å². The van der Waals surface area contributed by atoms with Crippen LogP contribution in [0.3, 0.4) is 0 Å². The van der Waals surface area contributed by atoms with Gasteiger partial charge in [-0.15, -0.1) is 0 Å². The highest BCUT2D eigenvalue weighted by molar-refractivity contribution is 5.53. The van der Waals surface area contributed by atoms with Gasteiger partial charge >= 0.3 is 0 Å². The van der Waals surface area contributed by atoms with Crippen LogP contribution >= 0.6 is 0 Å². The summed E-state index contributed by atoms with van der Waals surface area (Å²) in [6.07, 6.45) is 4.00. The van der Waals surface area contributed by atoms with Crippen LogP contribution in [0.15, 0.2) is 47.5 Å². The van der Waals surface area contributed by atoms with Crippen molar-refractivity contribution in [2.24, 2.45) is 0 Å². The normalized spacial score (nSPS) is 14.2. The number of rotatable bonds is 3. The Kier molecular flexibility index (Phi) is 4.34. The molecule has 0 unspecified atom stereocenters. The quantitative estimate of drug-likeness (QED) is 0.789. The molecule has 1 aliphatic rings. The van der Waals surface area contributed by atoms with E-state index in [2.05, 4.69) is 19.9 Å². The maximum atomic E-state index is 13.8. The zero-order chi connectivity index (χ0) is 18.1. The molecule has 26 heavy (non-hydrogen) atoms. The topological polar surface area (TPSA) is 61.9 Å². The van der Waals surface area contributed by atoms with E-state index in [-0.39, 0.29) is 11.4 Å². The van der Waals surface area contributed by atoms with Gasteiger partial charge in [0, 0.05) is 43.2 Å². The fraction of sp³-hybridized carbons (Fsp3) is 0.250. The van der Waals surface area contributed by atoms with Crippen LogP contribution in [-0.4, -0.2) is 26.4 Å². The van der Waals surface area contributed by atoms with Crippen LogP contribution in [0.25, 0.3) is 11.4 Å². The van der Waals surface area contributed by atoms with Crippen molar-refractivity contribution < 1.29 is 4.39 Å². The molecule has 0 spiro atoms. The number of nitrogens with one attached hydrogen (secondary N) is 1. The second-order valence-corrected chi connectivity index (χ2v) is 6.63. The summed E-state index contributed by atoms with van der Waals surface area (Å²) in [4.78, 5) is 26.2. The number of aromatic amines is 1. The molecule has 4 rings (SSSR count). The number of fused-ring (bicyclic) bond motifs is 1. The number of hydrogen-bond acceptors (Lipinski definition) is 4.